The van der Waals surface area contributed by atoms with Crippen molar-refractivity contribution in [2.24, 2.45) is 5.92 Å². The van der Waals surface area contributed by atoms with E-state index in [1.165, 1.54) is 0 Å². The van der Waals surface area contributed by atoms with Crippen molar-refractivity contribution < 1.29 is 14.3 Å². The van der Waals surface area contributed by atoms with Crippen molar-refractivity contribution >= 4 is 11.8 Å². The molecule has 3 unspecified atom stereocenters. The number of hydrogen-bond acceptors (Lipinski definition) is 4. The van der Waals surface area contributed by atoms with E-state index in [4.69, 9.17) is 4.74 Å². The number of rotatable bonds is 5. The molecule has 0 aromatic heterocycles. The van der Waals surface area contributed by atoms with E-state index < -0.39 is 0 Å². The van der Waals surface area contributed by atoms with Crippen molar-refractivity contribution in [2.75, 3.05) is 40.4 Å². The van der Waals surface area contributed by atoms with Gasteiger partial charge in [0.05, 0.1) is 19.1 Å². The summed E-state index contributed by atoms with van der Waals surface area (Å²) in [7, 11) is 3.49. The van der Waals surface area contributed by atoms with E-state index in [-0.39, 0.29) is 29.8 Å². The summed E-state index contributed by atoms with van der Waals surface area (Å²) >= 11 is 0. The zero-order valence-corrected chi connectivity index (χ0v) is 13.3. The molecule has 2 saturated heterocycles. The number of carbonyl (C=O) groups excluding carboxylic acids is 2. The average Bonchev–Trinajstić information content (AvgIpc) is 3.12. The molecule has 0 spiro atoms. The van der Waals surface area contributed by atoms with Crippen LogP contribution in [-0.4, -0.2) is 74.1 Å². The van der Waals surface area contributed by atoms with Gasteiger partial charge in [0.1, 0.15) is 6.04 Å². The number of amides is 2. The molecule has 0 aliphatic carbocycles. The van der Waals surface area contributed by atoms with Crippen LogP contribution in [0.4, 0.5) is 0 Å². The molecule has 0 bridgehead atoms. The van der Waals surface area contributed by atoms with Crippen molar-refractivity contribution in [3.63, 3.8) is 0 Å². The second kappa shape index (κ2) is 7.22. The molecule has 1 N–H and O–H groups in total. The number of likely N-dealkylation sites (tertiary alicyclic amines) is 1. The lowest BCUT2D eigenvalue weighted by molar-refractivity contribution is -0.145. The number of nitrogens with one attached hydrogen (secondary N) is 1. The van der Waals surface area contributed by atoms with Crippen molar-refractivity contribution in [2.45, 2.75) is 38.3 Å². The summed E-state index contributed by atoms with van der Waals surface area (Å²) in [5.41, 5.74) is 0. The van der Waals surface area contributed by atoms with Crippen LogP contribution in [0, 0.1) is 5.92 Å². The molecule has 0 radical (unpaired) electrons. The first-order chi connectivity index (χ1) is 10.1. The SMILES string of the molecule is CCCNC1COCC1C(=O)N1CCCC1C(=O)N(C)C. The van der Waals surface area contributed by atoms with E-state index in [1.54, 1.807) is 23.9 Å². The summed E-state index contributed by atoms with van der Waals surface area (Å²) in [6.07, 6.45) is 2.70. The summed E-state index contributed by atoms with van der Waals surface area (Å²) < 4.78 is 5.49. The van der Waals surface area contributed by atoms with Gasteiger partial charge in [0, 0.05) is 26.7 Å². The molecule has 2 heterocycles. The molecule has 2 amide bonds. The van der Waals surface area contributed by atoms with Gasteiger partial charge in [-0.1, -0.05) is 6.92 Å². The van der Waals surface area contributed by atoms with E-state index in [0.717, 1.165) is 25.8 Å². The Hall–Kier alpha value is -1.14. The van der Waals surface area contributed by atoms with Crippen molar-refractivity contribution in [3.05, 3.63) is 0 Å². The summed E-state index contributed by atoms with van der Waals surface area (Å²) in [6.45, 7) is 4.71. The van der Waals surface area contributed by atoms with Crippen LogP contribution in [-0.2, 0) is 14.3 Å². The van der Waals surface area contributed by atoms with E-state index in [9.17, 15) is 9.59 Å². The zero-order chi connectivity index (χ0) is 15.4. The quantitative estimate of drug-likeness (QED) is 0.781. The van der Waals surface area contributed by atoms with Gasteiger partial charge in [-0.05, 0) is 25.8 Å². The Bertz CT molecular complexity index is 386. The minimum atomic E-state index is -0.292. The molecule has 6 nitrogen and oxygen atoms in total. The fourth-order valence-corrected chi connectivity index (χ4v) is 3.13. The van der Waals surface area contributed by atoms with Crippen LogP contribution < -0.4 is 5.32 Å². The molecule has 2 aliphatic rings. The summed E-state index contributed by atoms with van der Waals surface area (Å²) in [4.78, 5) is 28.4. The topological polar surface area (TPSA) is 61.9 Å². The van der Waals surface area contributed by atoms with Crippen LogP contribution in [0.5, 0.6) is 0 Å². The molecule has 21 heavy (non-hydrogen) atoms. The molecule has 0 aromatic rings. The third-order valence-corrected chi connectivity index (χ3v) is 4.32. The maximum Gasteiger partial charge on any atom is 0.244 e. The number of carbonyl (C=O) groups is 2. The second-order valence-corrected chi connectivity index (χ2v) is 6.13. The molecule has 2 rings (SSSR count). The zero-order valence-electron chi connectivity index (χ0n) is 13.3. The van der Waals surface area contributed by atoms with Crippen LogP contribution in [0.15, 0.2) is 0 Å². The maximum absolute atomic E-state index is 12.8. The Morgan fingerprint density at radius 2 is 2.10 bits per heavy atom. The highest BCUT2D eigenvalue weighted by atomic mass is 16.5. The molecule has 2 fully saturated rings. The Balaban J connectivity index is 2.02. The first kappa shape index (κ1) is 16.2. The van der Waals surface area contributed by atoms with Gasteiger partial charge in [-0.15, -0.1) is 0 Å². The van der Waals surface area contributed by atoms with Gasteiger partial charge in [-0.25, -0.2) is 0 Å². The predicted molar refractivity (Wildman–Crippen MR) is 79.8 cm³/mol. The average molecular weight is 297 g/mol. The largest absolute Gasteiger partial charge is 0.379 e. The fourth-order valence-electron chi connectivity index (χ4n) is 3.13. The predicted octanol–water partition coefficient (Wildman–Crippen LogP) is 0.0802. The molecule has 0 saturated carbocycles. The number of hydrogen-bond donors (Lipinski definition) is 1. The Kier molecular flexibility index (Phi) is 5.58. The minimum Gasteiger partial charge on any atom is -0.379 e. The first-order valence-electron chi connectivity index (χ1n) is 7.89. The molecule has 120 valence electrons. The molecule has 3 atom stereocenters. The van der Waals surface area contributed by atoms with Crippen molar-refractivity contribution in [1.29, 1.82) is 0 Å². The number of nitrogens with zero attached hydrogens (tertiary/aromatic N) is 2. The normalized spacial score (nSPS) is 28.9. The van der Waals surface area contributed by atoms with Crippen LogP contribution >= 0.6 is 0 Å². The lowest BCUT2D eigenvalue weighted by Crippen LogP contribution is -2.51. The van der Waals surface area contributed by atoms with Gasteiger partial charge < -0.3 is 19.9 Å². The van der Waals surface area contributed by atoms with Gasteiger partial charge in [-0.2, -0.15) is 0 Å². The van der Waals surface area contributed by atoms with Gasteiger partial charge in [0.15, 0.2) is 0 Å². The lowest BCUT2D eigenvalue weighted by atomic mass is 10.0. The second-order valence-electron chi connectivity index (χ2n) is 6.13. The third-order valence-electron chi connectivity index (χ3n) is 4.32. The fraction of sp³-hybridized carbons (Fsp3) is 0.867. The summed E-state index contributed by atoms with van der Waals surface area (Å²) in [6, 6.07) is -0.215. The van der Waals surface area contributed by atoms with Gasteiger partial charge in [0.2, 0.25) is 11.8 Å². The molecule has 2 aliphatic heterocycles. The highest BCUT2D eigenvalue weighted by Crippen LogP contribution is 2.24. The molecule has 6 heteroatoms. The first-order valence-corrected chi connectivity index (χ1v) is 7.89. The molecule has 0 aromatic carbocycles. The van der Waals surface area contributed by atoms with Crippen LogP contribution in [0.2, 0.25) is 0 Å². The highest BCUT2D eigenvalue weighted by molar-refractivity contribution is 5.89. The Labute approximate surface area is 126 Å². The summed E-state index contributed by atoms with van der Waals surface area (Å²) in [5, 5.41) is 3.38. The van der Waals surface area contributed by atoms with Gasteiger partial charge in [-0.3, -0.25) is 9.59 Å². The van der Waals surface area contributed by atoms with E-state index in [0.29, 0.717) is 19.8 Å². The standard InChI is InChI=1S/C15H27N3O3/c1-4-7-16-12-10-21-9-11(12)14(19)18-8-5-6-13(18)15(20)17(2)3/h11-13,16H,4-10H2,1-3H3. The van der Waals surface area contributed by atoms with E-state index in [2.05, 4.69) is 12.2 Å². The maximum atomic E-state index is 12.8. The van der Waals surface area contributed by atoms with Crippen molar-refractivity contribution in [1.82, 2.24) is 15.1 Å². The van der Waals surface area contributed by atoms with Gasteiger partial charge in [0.25, 0.3) is 0 Å². The third kappa shape index (κ3) is 3.55. The minimum absolute atomic E-state index is 0.0258. The highest BCUT2D eigenvalue weighted by Gasteiger charge is 2.42. The lowest BCUT2D eigenvalue weighted by Gasteiger charge is -2.30. The van der Waals surface area contributed by atoms with E-state index in [1.807, 2.05) is 0 Å². The number of ether oxygens (including phenoxy) is 1. The van der Waals surface area contributed by atoms with Crippen LogP contribution in [0.25, 0.3) is 0 Å². The van der Waals surface area contributed by atoms with Crippen LogP contribution in [0.1, 0.15) is 26.2 Å². The summed E-state index contributed by atoms with van der Waals surface area (Å²) in [5.74, 6) is -0.0660. The Morgan fingerprint density at radius 1 is 1.33 bits per heavy atom. The van der Waals surface area contributed by atoms with E-state index >= 15 is 0 Å². The molecular weight excluding hydrogens is 270 g/mol. The Morgan fingerprint density at radius 3 is 2.76 bits per heavy atom. The van der Waals surface area contributed by atoms with Crippen molar-refractivity contribution in [3.8, 4) is 0 Å². The number of likely N-dealkylation sites (N-methyl/N-ethyl adjacent to an activating group) is 1. The monoisotopic (exact) mass is 297 g/mol. The van der Waals surface area contributed by atoms with Crippen LogP contribution in [0.3, 0.4) is 0 Å². The van der Waals surface area contributed by atoms with Gasteiger partial charge >= 0.3 is 0 Å². The smallest absolute Gasteiger partial charge is 0.244 e. The molecular formula is C15H27N3O3.